The molecule has 0 atom stereocenters. The maximum atomic E-state index is 11.6. The van der Waals surface area contributed by atoms with Gasteiger partial charge in [0.25, 0.3) is 6.43 Å². The fraction of sp³-hybridized carbons (Fsp3) is 0.667. The maximum absolute atomic E-state index is 11.6. The van der Waals surface area contributed by atoms with Crippen LogP contribution < -0.4 is 0 Å². The van der Waals surface area contributed by atoms with Crippen molar-refractivity contribution in [3.05, 3.63) is 11.6 Å². The largest absolute Gasteiger partial charge is 0.466 e. The number of hydrogen-bond acceptors (Lipinski definition) is 3. The second-order valence-corrected chi connectivity index (χ2v) is 2.50. The molecule has 0 aromatic rings. The van der Waals surface area contributed by atoms with Crippen LogP contribution in [-0.4, -0.2) is 32.7 Å². The molecule has 0 fully saturated rings. The normalized spacial score (nSPS) is 11.9. The Balaban J connectivity index is 3.87. The number of rotatable bonds is 6. The summed E-state index contributed by atoms with van der Waals surface area (Å²) < 4.78 is 32.3. The van der Waals surface area contributed by atoms with Crippen molar-refractivity contribution in [2.75, 3.05) is 20.3 Å². The van der Waals surface area contributed by atoms with Crippen LogP contribution in [-0.2, 0) is 14.3 Å². The Morgan fingerprint density at radius 3 is 2.57 bits per heavy atom. The van der Waals surface area contributed by atoms with Gasteiger partial charge in [0.05, 0.1) is 13.7 Å². The molecule has 0 N–H and O–H groups in total. The monoisotopic (exact) mass is 208 g/mol. The lowest BCUT2D eigenvalue weighted by atomic mass is 10.2. The number of halogens is 2. The van der Waals surface area contributed by atoms with Crippen molar-refractivity contribution in [3.8, 4) is 0 Å². The van der Waals surface area contributed by atoms with Crippen molar-refractivity contribution in [1.82, 2.24) is 0 Å². The zero-order valence-corrected chi connectivity index (χ0v) is 8.26. The summed E-state index contributed by atoms with van der Waals surface area (Å²) >= 11 is 0. The first-order valence-electron chi connectivity index (χ1n) is 4.25. The molecule has 0 rings (SSSR count). The SMILES string of the molecule is CCC(=CCOCC(F)F)C(=O)OC. The molecule has 5 heteroatoms. The van der Waals surface area contributed by atoms with E-state index in [1.165, 1.54) is 13.2 Å². The van der Waals surface area contributed by atoms with Gasteiger partial charge in [0, 0.05) is 5.57 Å². The zero-order chi connectivity index (χ0) is 11.0. The Morgan fingerprint density at radius 1 is 1.50 bits per heavy atom. The van der Waals surface area contributed by atoms with Crippen molar-refractivity contribution in [3.63, 3.8) is 0 Å². The second kappa shape index (κ2) is 7.44. The topological polar surface area (TPSA) is 35.5 Å². The maximum Gasteiger partial charge on any atom is 0.333 e. The summed E-state index contributed by atoms with van der Waals surface area (Å²) in [6.45, 7) is 1.16. The first kappa shape index (κ1) is 13.0. The number of esters is 1. The van der Waals surface area contributed by atoms with E-state index >= 15 is 0 Å². The molecule has 0 heterocycles. The number of hydrogen-bond donors (Lipinski definition) is 0. The van der Waals surface area contributed by atoms with Crippen molar-refractivity contribution in [1.29, 1.82) is 0 Å². The molecule has 0 aliphatic rings. The van der Waals surface area contributed by atoms with Gasteiger partial charge in [-0.1, -0.05) is 6.92 Å². The molecule has 0 aliphatic carbocycles. The minimum absolute atomic E-state index is 0.00259. The van der Waals surface area contributed by atoms with Crippen molar-refractivity contribution >= 4 is 5.97 Å². The lowest BCUT2D eigenvalue weighted by Gasteiger charge is -2.03. The smallest absolute Gasteiger partial charge is 0.333 e. The predicted octanol–water partition coefficient (Wildman–Crippen LogP) is 1.78. The first-order chi connectivity index (χ1) is 6.61. The number of ether oxygens (including phenoxy) is 2. The quantitative estimate of drug-likeness (QED) is 0.379. The van der Waals surface area contributed by atoms with E-state index in [2.05, 4.69) is 9.47 Å². The van der Waals surface area contributed by atoms with Crippen LogP contribution in [0.2, 0.25) is 0 Å². The average molecular weight is 208 g/mol. The lowest BCUT2D eigenvalue weighted by molar-refractivity contribution is -0.136. The Bertz CT molecular complexity index is 202. The van der Waals surface area contributed by atoms with Gasteiger partial charge < -0.3 is 9.47 Å². The van der Waals surface area contributed by atoms with Crippen molar-refractivity contribution in [2.24, 2.45) is 0 Å². The van der Waals surface area contributed by atoms with Crippen LogP contribution in [0.1, 0.15) is 13.3 Å². The van der Waals surface area contributed by atoms with Crippen LogP contribution >= 0.6 is 0 Å². The van der Waals surface area contributed by atoms with Gasteiger partial charge in [-0.3, -0.25) is 0 Å². The molecule has 0 amide bonds. The molecule has 0 bridgehead atoms. The highest BCUT2D eigenvalue weighted by atomic mass is 19.3. The molecule has 0 unspecified atom stereocenters. The highest BCUT2D eigenvalue weighted by molar-refractivity contribution is 5.88. The van der Waals surface area contributed by atoms with Gasteiger partial charge in [-0.15, -0.1) is 0 Å². The van der Waals surface area contributed by atoms with E-state index in [0.717, 1.165) is 0 Å². The first-order valence-corrected chi connectivity index (χ1v) is 4.25. The highest BCUT2D eigenvalue weighted by Crippen LogP contribution is 2.03. The minimum Gasteiger partial charge on any atom is -0.466 e. The fourth-order valence-corrected chi connectivity index (χ4v) is 0.820. The highest BCUT2D eigenvalue weighted by Gasteiger charge is 2.06. The van der Waals surface area contributed by atoms with Gasteiger partial charge in [-0.05, 0) is 12.5 Å². The van der Waals surface area contributed by atoms with Gasteiger partial charge >= 0.3 is 5.97 Å². The van der Waals surface area contributed by atoms with Gasteiger partial charge in [-0.25, -0.2) is 13.6 Å². The van der Waals surface area contributed by atoms with E-state index in [-0.39, 0.29) is 6.61 Å². The van der Waals surface area contributed by atoms with Crippen LogP contribution in [0.4, 0.5) is 8.78 Å². The standard InChI is InChI=1S/C9H14F2O3/c1-3-7(9(12)13-2)4-5-14-6-8(10)11/h4,8H,3,5-6H2,1-2H3. The molecule has 0 saturated heterocycles. The summed E-state index contributed by atoms with van der Waals surface area (Å²) in [5.41, 5.74) is 0.432. The van der Waals surface area contributed by atoms with Crippen LogP contribution in [0.25, 0.3) is 0 Å². The van der Waals surface area contributed by atoms with E-state index in [1.54, 1.807) is 6.92 Å². The summed E-state index contributed by atoms with van der Waals surface area (Å²) in [6, 6.07) is 0. The molecule has 0 spiro atoms. The minimum atomic E-state index is -2.48. The molecular weight excluding hydrogens is 194 g/mol. The van der Waals surface area contributed by atoms with Gasteiger partial charge in [0.2, 0.25) is 0 Å². The number of carbonyl (C=O) groups excluding carboxylic acids is 1. The fourth-order valence-electron chi connectivity index (χ4n) is 0.820. The van der Waals surface area contributed by atoms with Gasteiger partial charge in [0.1, 0.15) is 6.61 Å². The zero-order valence-electron chi connectivity index (χ0n) is 8.26. The lowest BCUT2D eigenvalue weighted by Crippen LogP contribution is -2.07. The molecular formula is C9H14F2O3. The Kier molecular flexibility index (Phi) is 6.92. The van der Waals surface area contributed by atoms with Crippen LogP contribution in [0, 0.1) is 0 Å². The molecule has 82 valence electrons. The van der Waals surface area contributed by atoms with Gasteiger partial charge in [0.15, 0.2) is 0 Å². The van der Waals surface area contributed by atoms with Crippen LogP contribution in [0.3, 0.4) is 0 Å². The van der Waals surface area contributed by atoms with Crippen molar-refractivity contribution in [2.45, 2.75) is 19.8 Å². The molecule has 3 nitrogen and oxygen atoms in total. The summed E-state index contributed by atoms with van der Waals surface area (Å²) in [4.78, 5) is 11.0. The van der Waals surface area contributed by atoms with Crippen LogP contribution in [0.5, 0.6) is 0 Å². The third-order valence-electron chi connectivity index (χ3n) is 1.52. The molecule has 14 heavy (non-hydrogen) atoms. The molecule has 0 aromatic heterocycles. The van der Waals surface area contributed by atoms with E-state index in [4.69, 9.17) is 0 Å². The number of carbonyl (C=O) groups is 1. The predicted molar refractivity (Wildman–Crippen MR) is 47.2 cm³/mol. The summed E-state index contributed by atoms with van der Waals surface area (Å²) in [6.07, 6.45) is -0.537. The second-order valence-electron chi connectivity index (χ2n) is 2.50. The van der Waals surface area contributed by atoms with E-state index in [0.29, 0.717) is 12.0 Å². The Hall–Kier alpha value is -0.970. The number of alkyl halides is 2. The third kappa shape index (κ3) is 5.64. The molecule has 0 aromatic carbocycles. The van der Waals surface area contributed by atoms with E-state index in [1.807, 2.05) is 0 Å². The molecule has 0 aliphatic heterocycles. The molecule has 0 saturated carbocycles. The summed E-state index contributed by atoms with van der Waals surface area (Å²) in [5.74, 6) is -0.451. The van der Waals surface area contributed by atoms with Crippen molar-refractivity contribution < 1.29 is 23.0 Å². The summed E-state index contributed by atoms with van der Waals surface area (Å²) in [7, 11) is 1.27. The van der Waals surface area contributed by atoms with Gasteiger partial charge in [-0.2, -0.15) is 0 Å². The van der Waals surface area contributed by atoms with E-state index in [9.17, 15) is 13.6 Å². The average Bonchev–Trinajstić information content (AvgIpc) is 2.16. The Labute approximate surface area is 81.7 Å². The summed E-state index contributed by atoms with van der Waals surface area (Å²) in [5, 5.41) is 0. The Morgan fingerprint density at radius 2 is 2.14 bits per heavy atom. The third-order valence-corrected chi connectivity index (χ3v) is 1.52. The number of methoxy groups -OCH3 is 1. The van der Waals surface area contributed by atoms with E-state index < -0.39 is 19.0 Å². The van der Waals surface area contributed by atoms with Crippen LogP contribution in [0.15, 0.2) is 11.6 Å². The molecule has 0 radical (unpaired) electrons.